The summed E-state index contributed by atoms with van der Waals surface area (Å²) in [4.78, 5) is 8.30. The topological polar surface area (TPSA) is 42.2 Å². The fraction of sp³-hybridized carbons (Fsp3) is 0.750. The van der Waals surface area contributed by atoms with Crippen molar-refractivity contribution < 1.29 is 0 Å². The lowest BCUT2D eigenvalue weighted by Crippen LogP contribution is -2.23. The van der Waals surface area contributed by atoms with Gasteiger partial charge in [0.2, 0.25) is 0 Å². The van der Waals surface area contributed by atoms with Gasteiger partial charge in [0.15, 0.2) is 5.13 Å². The van der Waals surface area contributed by atoms with E-state index >= 15 is 0 Å². The summed E-state index contributed by atoms with van der Waals surface area (Å²) in [7, 11) is 0. The van der Waals surface area contributed by atoms with Gasteiger partial charge >= 0.3 is 0 Å². The third kappa shape index (κ3) is 2.55. The van der Waals surface area contributed by atoms with E-state index < -0.39 is 0 Å². The van der Waals surface area contributed by atoms with E-state index in [4.69, 9.17) is 5.73 Å². The van der Waals surface area contributed by atoms with Gasteiger partial charge in [-0.2, -0.15) is 0 Å². The number of hydrogen-bond donors (Lipinski definition) is 1. The smallest absolute Gasteiger partial charge is 0.185 e. The molecule has 90 valence electrons. The van der Waals surface area contributed by atoms with Gasteiger partial charge in [-0.3, -0.25) is 0 Å². The van der Waals surface area contributed by atoms with Crippen LogP contribution < -0.4 is 10.6 Å². The standard InChI is InChI=1S/C12H21N3S/c1-9-4-3-6-15(7-5-9)12-14-10(2)11(8-13)16-12/h9H,3-8,13H2,1-2H3. The summed E-state index contributed by atoms with van der Waals surface area (Å²) in [5.41, 5.74) is 6.81. The predicted molar refractivity (Wildman–Crippen MR) is 70.0 cm³/mol. The second-order valence-electron chi connectivity index (χ2n) is 4.73. The normalized spacial score (nSPS) is 22.2. The van der Waals surface area contributed by atoms with E-state index in [1.165, 1.54) is 29.3 Å². The van der Waals surface area contributed by atoms with E-state index in [-0.39, 0.29) is 0 Å². The molecule has 0 aromatic carbocycles. The number of nitrogens with two attached hydrogens (primary N) is 1. The van der Waals surface area contributed by atoms with Crippen LogP contribution in [0.5, 0.6) is 0 Å². The Morgan fingerprint density at radius 2 is 2.25 bits per heavy atom. The summed E-state index contributed by atoms with van der Waals surface area (Å²) in [6.45, 7) is 7.33. The molecule has 0 amide bonds. The maximum atomic E-state index is 5.70. The molecular formula is C12H21N3S. The molecule has 0 radical (unpaired) electrons. The van der Waals surface area contributed by atoms with Crippen LogP contribution in [0.1, 0.15) is 36.8 Å². The minimum atomic E-state index is 0.619. The molecule has 2 rings (SSSR count). The molecule has 1 aromatic rings. The SMILES string of the molecule is Cc1nc(N2CCCC(C)CC2)sc1CN. The molecule has 16 heavy (non-hydrogen) atoms. The molecule has 2 heterocycles. The molecule has 3 nitrogen and oxygen atoms in total. The Morgan fingerprint density at radius 3 is 2.94 bits per heavy atom. The summed E-state index contributed by atoms with van der Waals surface area (Å²) < 4.78 is 0. The van der Waals surface area contributed by atoms with Crippen LogP contribution >= 0.6 is 11.3 Å². The first-order valence-corrected chi connectivity index (χ1v) is 6.93. The quantitative estimate of drug-likeness (QED) is 0.862. The molecule has 1 aliphatic rings. The molecule has 1 aliphatic heterocycles. The third-order valence-corrected chi connectivity index (χ3v) is 4.59. The van der Waals surface area contributed by atoms with Crippen molar-refractivity contribution in [3.05, 3.63) is 10.6 Å². The van der Waals surface area contributed by atoms with Gasteiger partial charge in [0, 0.05) is 24.5 Å². The fourth-order valence-electron chi connectivity index (χ4n) is 2.19. The average molecular weight is 239 g/mol. The van der Waals surface area contributed by atoms with Crippen molar-refractivity contribution in [2.45, 2.75) is 39.7 Å². The lowest BCUT2D eigenvalue weighted by Gasteiger charge is -2.18. The van der Waals surface area contributed by atoms with Gasteiger partial charge in [0.25, 0.3) is 0 Å². The van der Waals surface area contributed by atoms with Crippen LogP contribution in [0.2, 0.25) is 0 Å². The Kier molecular flexibility index (Phi) is 3.82. The molecule has 1 atom stereocenters. The molecule has 0 aliphatic carbocycles. The highest BCUT2D eigenvalue weighted by Crippen LogP contribution is 2.28. The summed E-state index contributed by atoms with van der Waals surface area (Å²) in [5, 5.41) is 1.17. The highest BCUT2D eigenvalue weighted by atomic mass is 32.1. The molecule has 1 aromatic heterocycles. The zero-order valence-electron chi connectivity index (χ0n) is 10.2. The highest BCUT2D eigenvalue weighted by Gasteiger charge is 2.17. The first-order chi connectivity index (χ1) is 7.70. The number of rotatable bonds is 2. The maximum Gasteiger partial charge on any atom is 0.185 e. The Balaban J connectivity index is 2.10. The monoisotopic (exact) mass is 239 g/mol. The molecular weight excluding hydrogens is 218 g/mol. The van der Waals surface area contributed by atoms with Gasteiger partial charge in [-0.25, -0.2) is 4.98 Å². The number of anilines is 1. The molecule has 0 bridgehead atoms. The van der Waals surface area contributed by atoms with Gasteiger partial charge in [-0.05, 0) is 32.1 Å². The van der Waals surface area contributed by atoms with E-state index in [2.05, 4.69) is 23.7 Å². The molecule has 0 saturated carbocycles. The van der Waals surface area contributed by atoms with Gasteiger partial charge in [-0.1, -0.05) is 6.92 Å². The molecule has 4 heteroatoms. The van der Waals surface area contributed by atoms with Gasteiger partial charge in [0.1, 0.15) is 0 Å². The first kappa shape index (κ1) is 11.9. The summed E-state index contributed by atoms with van der Waals surface area (Å²) in [6, 6.07) is 0. The van der Waals surface area contributed by atoms with Crippen molar-refractivity contribution in [1.29, 1.82) is 0 Å². The van der Waals surface area contributed by atoms with Crippen molar-refractivity contribution in [3.8, 4) is 0 Å². The van der Waals surface area contributed by atoms with Gasteiger partial charge in [-0.15, -0.1) is 11.3 Å². The van der Waals surface area contributed by atoms with E-state index in [9.17, 15) is 0 Å². The lowest BCUT2D eigenvalue weighted by atomic mass is 10.0. The molecule has 2 N–H and O–H groups in total. The Hall–Kier alpha value is -0.610. The fourth-order valence-corrected chi connectivity index (χ4v) is 3.18. The Labute approximate surface area is 102 Å². The summed E-state index contributed by atoms with van der Waals surface area (Å²) in [5.74, 6) is 0.861. The van der Waals surface area contributed by atoms with E-state index in [0.29, 0.717) is 6.54 Å². The van der Waals surface area contributed by atoms with E-state index in [1.807, 2.05) is 0 Å². The minimum Gasteiger partial charge on any atom is -0.348 e. The van der Waals surface area contributed by atoms with Crippen molar-refractivity contribution in [2.24, 2.45) is 11.7 Å². The largest absolute Gasteiger partial charge is 0.348 e. The number of thiazole rings is 1. The van der Waals surface area contributed by atoms with Crippen LogP contribution in [0, 0.1) is 12.8 Å². The van der Waals surface area contributed by atoms with Crippen LogP contribution in [0.15, 0.2) is 0 Å². The Bertz CT molecular complexity index is 348. The van der Waals surface area contributed by atoms with Crippen LogP contribution in [-0.4, -0.2) is 18.1 Å². The van der Waals surface area contributed by atoms with Crippen LogP contribution in [0.4, 0.5) is 5.13 Å². The predicted octanol–water partition coefficient (Wildman–Crippen LogP) is 2.54. The second kappa shape index (κ2) is 5.15. The summed E-state index contributed by atoms with van der Waals surface area (Å²) >= 11 is 1.77. The van der Waals surface area contributed by atoms with Crippen molar-refractivity contribution in [1.82, 2.24) is 4.98 Å². The third-order valence-electron chi connectivity index (χ3n) is 3.35. The maximum absolute atomic E-state index is 5.70. The molecule has 1 saturated heterocycles. The minimum absolute atomic E-state index is 0.619. The summed E-state index contributed by atoms with van der Waals surface area (Å²) in [6.07, 6.45) is 3.93. The van der Waals surface area contributed by atoms with Gasteiger partial charge in [0.05, 0.1) is 5.69 Å². The lowest BCUT2D eigenvalue weighted by molar-refractivity contribution is 0.521. The van der Waals surface area contributed by atoms with Crippen molar-refractivity contribution >= 4 is 16.5 Å². The van der Waals surface area contributed by atoms with Gasteiger partial charge < -0.3 is 10.6 Å². The first-order valence-electron chi connectivity index (χ1n) is 6.12. The van der Waals surface area contributed by atoms with Crippen LogP contribution in [0.3, 0.4) is 0 Å². The zero-order chi connectivity index (χ0) is 11.5. The van der Waals surface area contributed by atoms with E-state index in [0.717, 1.165) is 24.7 Å². The van der Waals surface area contributed by atoms with Crippen molar-refractivity contribution in [3.63, 3.8) is 0 Å². The number of aromatic nitrogens is 1. The molecule has 1 fully saturated rings. The Morgan fingerprint density at radius 1 is 1.44 bits per heavy atom. The van der Waals surface area contributed by atoms with Crippen LogP contribution in [0.25, 0.3) is 0 Å². The van der Waals surface area contributed by atoms with E-state index in [1.54, 1.807) is 11.3 Å². The highest BCUT2D eigenvalue weighted by molar-refractivity contribution is 7.15. The number of hydrogen-bond acceptors (Lipinski definition) is 4. The average Bonchev–Trinajstić information content (AvgIpc) is 2.50. The number of aryl methyl sites for hydroxylation is 1. The number of nitrogens with zero attached hydrogens (tertiary/aromatic N) is 2. The molecule has 1 unspecified atom stereocenters. The molecule has 0 spiro atoms. The van der Waals surface area contributed by atoms with Crippen LogP contribution in [-0.2, 0) is 6.54 Å². The zero-order valence-corrected chi connectivity index (χ0v) is 11.0. The second-order valence-corrected chi connectivity index (χ2v) is 5.79. The van der Waals surface area contributed by atoms with Crippen molar-refractivity contribution in [2.75, 3.05) is 18.0 Å².